The zero-order valence-electron chi connectivity index (χ0n) is 17.7. The number of ether oxygens (including phenoxy) is 1. The van der Waals surface area contributed by atoms with Crippen molar-refractivity contribution in [2.45, 2.75) is 45.9 Å². The number of anilines is 1. The van der Waals surface area contributed by atoms with E-state index in [0.717, 1.165) is 18.4 Å². The van der Waals surface area contributed by atoms with Crippen molar-refractivity contribution in [2.24, 2.45) is 0 Å². The molecule has 0 saturated heterocycles. The molecule has 1 unspecified atom stereocenters. The molecular weight excluding hydrogens is 414 g/mol. The molecule has 3 rings (SSSR count). The fraction of sp³-hybridized carbons (Fsp3) is 0.292. The summed E-state index contributed by atoms with van der Waals surface area (Å²) in [6.45, 7) is 3.90. The molecule has 0 saturated carbocycles. The van der Waals surface area contributed by atoms with Crippen molar-refractivity contribution in [1.82, 2.24) is 9.55 Å². The molecule has 0 fully saturated rings. The molecule has 6 nitrogen and oxygen atoms in total. The summed E-state index contributed by atoms with van der Waals surface area (Å²) < 4.78 is 6.73. The second-order valence-corrected chi connectivity index (χ2v) is 7.70. The van der Waals surface area contributed by atoms with Gasteiger partial charge in [-0.15, -0.1) is 0 Å². The lowest BCUT2D eigenvalue weighted by Gasteiger charge is -2.18. The molecule has 3 aromatic rings. The quantitative estimate of drug-likeness (QED) is 0.479. The fourth-order valence-corrected chi connectivity index (χ4v) is 3.60. The molecule has 2 aromatic carbocycles. The van der Waals surface area contributed by atoms with Gasteiger partial charge in [-0.1, -0.05) is 85.6 Å². The van der Waals surface area contributed by atoms with Crippen molar-refractivity contribution >= 4 is 23.4 Å². The molecule has 1 heterocycles. The van der Waals surface area contributed by atoms with E-state index in [-0.39, 0.29) is 30.2 Å². The van der Waals surface area contributed by atoms with Gasteiger partial charge in [0.1, 0.15) is 13.2 Å². The van der Waals surface area contributed by atoms with Crippen molar-refractivity contribution in [3.05, 3.63) is 81.7 Å². The molecule has 0 aliphatic carbocycles. The molecule has 0 aliphatic rings. The van der Waals surface area contributed by atoms with Crippen LogP contribution >= 0.6 is 11.6 Å². The molecule has 0 bridgehead atoms. The summed E-state index contributed by atoms with van der Waals surface area (Å²) in [5.74, 6) is -0.403. The largest absolute Gasteiger partial charge is 0.459 e. The zero-order valence-corrected chi connectivity index (χ0v) is 18.4. The Hall–Kier alpha value is -3.12. The number of nitrogens with one attached hydrogen (secondary N) is 1. The normalized spacial score (nSPS) is 11.7. The third-order valence-corrected chi connectivity index (χ3v) is 5.07. The van der Waals surface area contributed by atoms with Gasteiger partial charge in [0.15, 0.2) is 11.0 Å². The second-order valence-electron chi connectivity index (χ2n) is 7.34. The summed E-state index contributed by atoms with van der Waals surface area (Å²) in [5, 5.41) is 3.27. The third kappa shape index (κ3) is 5.95. The van der Waals surface area contributed by atoms with Gasteiger partial charge in [-0.2, -0.15) is 0 Å². The number of esters is 1. The smallest absolute Gasteiger partial charge is 0.326 e. The molecule has 1 aromatic heterocycles. The molecule has 162 valence electrons. The highest BCUT2D eigenvalue weighted by molar-refractivity contribution is 6.32. The van der Waals surface area contributed by atoms with Gasteiger partial charge in [-0.25, -0.2) is 4.98 Å². The SMILES string of the molecule is CCCC(C)Nc1nc(Cl)c(-c2ccccc2)n(CC(=O)OCc2ccccc2)c1=O. The lowest BCUT2D eigenvalue weighted by molar-refractivity contribution is -0.145. The number of rotatable bonds is 9. The summed E-state index contributed by atoms with van der Waals surface area (Å²) in [6, 6.07) is 18.6. The van der Waals surface area contributed by atoms with E-state index < -0.39 is 11.5 Å². The molecule has 0 spiro atoms. The lowest BCUT2D eigenvalue weighted by atomic mass is 10.1. The van der Waals surface area contributed by atoms with Gasteiger partial charge in [0.2, 0.25) is 0 Å². The lowest BCUT2D eigenvalue weighted by Crippen LogP contribution is -2.32. The number of hydrogen-bond acceptors (Lipinski definition) is 5. The average Bonchev–Trinajstić information content (AvgIpc) is 2.77. The van der Waals surface area contributed by atoms with Crippen LogP contribution in [0.2, 0.25) is 5.15 Å². The molecular formula is C24H26ClN3O3. The highest BCUT2D eigenvalue weighted by Crippen LogP contribution is 2.26. The van der Waals surface area contributed by atoms with Gasteiger partial charge in [0.25, 0.3) is 5.56 Å². The number of carbonyl (C=O) groups excluding carboxylic acids is 1. The Balaban J connectivity index is 1.93. The summed E-state index contributed by atoms with van der Waals surface area (Å²) in [6.07, 6.45) is 1.84. The van der Waals surface area contributed by atoms with E-state index in [9.17, 15) is 9.59 Å². The minimum absolute atomic E-state index is 0.0438. The van der Waals surface area contributed by atoms with Crippen LogP contribution in [0.3, 0.4) is 0 Å². The van der Waals surface area contributed by atoms with Crippen molar-refractivity contribution < 1.29 is 9.53 Å². The summed E-state index contributed by atoms with van der Waals surface area (Å²) in [5.41, 5.74) is 1.54. The molecule has 0 amide bonds. The Bertz CT molecular complexity index is 1070. The Morgan fingerprint density at radius 3 is 2.42 bits per heavy atom. The fourth-order valence-electron chi connectivity index (χ4n) is 3.31. The molecule has 0 radical (unpaired) electrons. The first kappa shape index (κ1) is 22.6. The summed E-state index contributed by atoms with van der Waals surface area (Å²) in [4.78, 5) is 30.1. The predicted octanol–water partition coefficient (Wildman–Crippen LogP) is 4.91. The maximum absolute atomic E-state index is 13.2. The standard InChI is InChI=1S/C24H26ClN3O3/c1-3-10-17(2)26-23-24(30)28(15-20(29)31-16-18-11-6-4-7-12-18)21(22(25)27-23)19-13-8-5-9-14-19/h4-9,11-14,17H,3,10,15-16H2,1-2H3,(H,26,27). The molecule has 1 N–H and O–H groups in total. The van der Waals surface area contributed by atoms with Gasteiger partial charge in [-0.05, 0) is 18.9 Å². The average molecular weight is 440 g/mol. The van der Waals surface area contributed by atoms with Crippen LogP contribution in [0, 0.1) is 0 Å². The molecule has 0 aliphatic heterocycles. The first-order valence-electron chi connectivity index (χ1n) is 10.3. The van der Waals surface area contributed by atoms with Gasteiger partial charge >= 0.3 is 5.97 Å². The van der Waals surface area contributed by atoms with Crippen LogP contribution in [0.25, 0.3) is 11.3 Å². The Morgan fingerprint density at radius 2 is 1.77 bits per heavy atom. The third-order valence-electron chi connectivity index (χ3n) is 4.80. The maximum atomic E-state index is 13.2. The van der Waals surface area contributed by atoms with Gasteiger partial charge < -0.3 is 10.1 Å². The molecule has 7 heteroatoms. The summed E-state index contributed by atoms with van der Waals surface area (Å²) >= 11 is 6.50. The van der Waals surface area contributed by atoms with E-state index in [1.807, 2.05) is 67.6 Å². The molecule has 1 atom stereocenters. The zero-order chi connectivity index (χ0) is 22.2. The number of nitrogens with zero attached hydrogens (tertiary/aromatic N) is 2. The number of aromatic nitrogens is 2. The van der Waals surface area contributed by atoms with Gasteiger partial charge in [0.05, 0.1) is 5.69 Å². The Morgan fingerprint density at radius 1 is 1.13 bits per heavy atom. The van der Waals surface area contributed by atoms with E-state index in [4.69, 9.17) is 16.3 Å². The van der Waals surface area contributed by atoms with Crippen molar-refractivity contribution in [2.75, 3.05) is 5.32 Å². The summed E-state index contributed by atoms with van der Waals surface area (Å²) in [7, 11) is 0. The van der Waals surface area contributed by atoms with Crippen LogP contribution in [0.1, 0.15) is 32.3 Å². The predicted molar refractivity (Wildman–Crippen MR) is 123 cm³/mol. The van der Waals surface area contributed by atoms with Gasteiger partial charge in [-0.3, -0.25) is 14.2 Å². The van der Waals surface area contributed by atoms with E-state index in [2.05, 4.69) is 17.2 Å². The van der Waals surface area contributed by atoms with E-state index in [0.29, 0.717) is 11.3 Å². The Kier molecular flexibility index (Phi) is 7.84. The maximum Gasteiger partial charge on any atom is 0.326 e. The van der Waals surface area contributed by atoms with E-state index >= 15 is 0 Å². The van der Waals surface area contributed by atoms with Crippen LogP contribution in [0.4, 0.5) is 5.82 Å². The van der Waals surface area contributed by atoms with Crippen molar-refractivity contribution in [3.63, 3.8) is 0 Å². The minimum Gasteiger partial charge on any atom is -0.459 e. The second kappa shape index (κ2) is 10.8. The monoisotopic (exact) mass is 439 g/mol. The number of carbonyl (C=O) groups is 1. The van der Waals surface area contributed by atoms with Gasteiger partial charge in [0, 0.05) is 11.6 Å². The van der Waals surface area contributed by atoms with Crippen LogP contribution in [0.5, 0.6) is 0 Å². The van der Waals surface area contributed by atoms with E-state index in [1.54, 1.807) is 0 Å². The highest BCUT2D eigenvalue weighted by Gasteiger charge is 2.20. The first-order valence-corrected chi connectivity index (χ1v) is 10.7. The Labute approximate surface area is 186 Å². The minimum atomic E-state index is -0.530. The van der Waals surface area contributed by atoms with Crippen LogP contribution < -0.4 is 10.9 Å². The van der Waals surface area contributed by atoms with Crippen molar-refractivity contribution in [1.29, 1.82) is 0 Å². The first-order chi connectivity index (χ1) is 15.0. The van der Waals surface area contributed by atoms with Crippen LogP contribution in [-0.4, -0.2) is 21.6 Å². The number of halogens is 1. The highest BCUT2D eigenvalue weighted by atomic mass is 35.5. The molecule has 31 heavy (non-hydrogen) atoms. The number of benzene rings is 2. The van der Waals surface area contributed by atoms with Crippen LogP contribution in [-0.2, 0) is 22.7 Å². The number of hydrogen-bond donors (Lipinski definition) is 1. The van der Waals surface area contributed by atoms with Crippen molar-refractivity contribution in [3.8, 4) is 11.3 Å². The van der Waals surface area contributed by atoms with Crippen LogP contribution in [0.15, 0.2) is 65.5 Å². The topological polar surface area (TPSA) is 73.2 Å². The van der Waals surface area contributed by atoms with E-state index in [1.165, 1.54) is 4.57 Å².